The Hall–Kier alpha value is -2.14. The van der Waals surface area contributed by atoms with Gasteiger partial charge in [0, 0.05) is 18.7 Å². The van der Waals surface area contributed by atoms with E-state index < -0.39 is 10.8 Å². The van der Waals surface area contributed by atoms with Gasteiger partial charge < -0.3 is 10.6 Å². The van der Waals surface area contributed by atoms with Crippen molar-refractivity contribution >= 4 is 33.3 Å². The van der Waals surface area contributed by atoms with Crippen LogP contribution < -0.4 is 10.6 Å². The van der Waals surface area contributed by atoms with Crippen molar-refractivity contribution in [3.05, 3.63) is 26.3 Å². The summed E-state index contributed by atoms with van der Waals surface area (Å²) >= 11 is 3.24. The topological polar surface area (TPSA) is 97.2 Å². The maximum atomic E-state index is 10.8. The number of halogens is 1. The Morgan fingerprint density at radius 3 is 2.89 bits per heavy atom. The molecule has 0 radical (unpaired) electrons. The molecule has 1 aromatic rings. The number of terminal acetylenes is 1. The Kier molecular flexibility index (Phi) is 5.26. The number of aromatic nitrogens is 1. The lowest BCUT2D eigenvalue weighted by Crippen LogP contribution is -2.27. The molecule has 0 bridgehead atoms. The molecule has 1 amide bonds. The van der Waals surface area contributed by atoms with E-state index in [2.05, 4.69) is 31.5 Å². The van der Waals surface area contributed by atoms with Crippen LogP contribution >= 0.6 is 15.9 Å². The largest absolute Gasteiger partial charge is 0.367 e. The lowest BCUT2D eigenvalue weighted by Gasteiger charge is -2.09. The molecule has 1 heterocycles. The second-order valence-corrected chi connectivity index (χ2v) is 4.31. The minimum absolute atomic E-state index is 0.0574. The average molecular weight is 327 g/mol. The van der Waals surface area contributed by atoms with Crippen molar-refractivity contribution < 1.29 is 9.72 Å². The molecule has 0 aliphatic rings. The first-order chi connectivity index (χ1) is 8.97. The monoisotopic (exact) mass is 326 g/mol. The minimum atomic E-state index is -0.496. The van der Waals surface area contributed by atoms with Gasteiger partial charge in [-0.15, -0.1) is 6.42 Å². The molecule has 8 heteroatoms. The third-order valence-electron chi connectivity index (χ3n) is 2.27. The Balaban J connectivity index is 2.66. The van der Waals surface area contributed by atoms with E-state index in [1.54, 1.807) is 6.92 Å². The summed E-state index contributed by atoms with van der Waals surface area (Å²) in [5.41, 5.74) is 0.424. The number of hydrogen-bond acceptors (Lipinski definition) is 5. The smallest absolute Gasteiger partial charge is 0.295 e. The summed E-state index contributed by atoms with van der Waals surface area (Å²) in [6, 6.07) is 0. The van der Waals surface area contributed by atoms with Crippen molar-refractivity contribution in [2.24, 2.45) is 0 Å². The molecule has 0 aliphatic carbocycles. The Labute approximate surface area is 118 Å². The van der Waals surface area contributed by atoms with E-state index in [0.717, 1.165) is 0 Å². The van der Waals surface area contributed by atoms with Crippen LogP contribution in [0.5, 0.6) is 0 Å². The highest BCUT2D eigenvalue weighted by Crippen LogP contribution is 2.30. The maximum absolute atomic E-state index is 10.8. The Morgan fingerprint density at radius 2 is 2.32 bits per heavy atom. The molecule has 100 valence electrons. The number of nitro groups is 1. The number of nitrogens with zero attached hydrogens (tertiary/aromatic N) is 2. The molecule has 0 fully saturated rings. The number of pyridine rings is 1. The number of carbonyl (C=O) groups excluding carboxylic acids is 1. The van der Waals surface area contributed by atoms with Crippen LogP contribution in [0.2, 0.25) is 0 Å². The van der Waals surface area contributed by atoms with Crippen LogP contribution in [0.3, 0.4) is 0 Å². The number of nitrogens with one attached hydrogen (secondary N) is 2. The zero-order valence-corrected chi connectivity index (χ0v) is 11.7. The van der Waals surface area contributed by atoms with Crippen molar-refractivity contribution in [1.82, 2.24) is 10.3 Å². The zero-order valence-electron chi connectivity index (χ0n) is 10.1. The van der Waals surface area contributed by atoms with Gasteiger partial charge >= 0.3 is 0 Å². The number of amides is 1. The van der Waals surface area contributed by atoms with Crippen LogP contribution in [0.25, 0.3) is 0 Å². The van der Waals surface area contributed by atoms with E-state index in [9.17, 15) is 14.9 Å². The van der Waals surface area contributed by atoms with Crippen molar-refractivity contribution in [2.75, 3.05) is 18.4 Å². The van der Waals surface area contributed by atoms with E-state index in [1.807, 2.05) is 5.92 Å². The third-order valence-corrected chi connectivity index (χ3v) is 3.24. The lowest BCUT2D eigenvalue weighted by atomic mass is 10.2. The normalized spacial score (nSPS) is 9.53. The highest BCUT2D eigenvalue weighted by molar-refractivity contribution is 9.10. The van der Waals surface area contributed by atoms with Crippen LogP contribution in [0, 0.1) is 29.4 Å². The van der Waals surface area contributed by atoms with Gasteiger partial charge in [-0.1, -0.05) is 0 Å². The van der Waals surface area contributed by atoms with Crippen molar-refractivity contribution in [2.45, 2.75) is 6.92 Å². The molecule has 0 unspecified atom stereocenters. The van der Waals surface area contributed by atoms with E-state index >= 15 is 0 Å². The van der Waals surface area contributed by atoms with Crippen LogP contribution in [0.4, 0.5) is 11.5 Å². The SMILES string of the molecule is C#CC(=O)NCCNc1ncc([N+](=O)[O-])c(C)c1Br. The molecule has 7 nitrogen and oxygen atoms in total. The maximum Gasteiger partial charge on any atom is 0.295 e. The van der Waals surface area contributed by atoms with Gasteiger partial charge in [-0.3, -0.25) is 14.9 Å². The molecule has 2 N–H and O–H groups in total. The second kappa shape index (κ2) is 6.70. The number of carbonyl (C=O) groups is 1. The summed E-state index contributed by atoms with van der Waals surface area (Å²) in [5, 5.41) is 16.1. The molecule has 0 aromatic carbocycles. The molecule has 0 atom stereocenters. The van der Waals surface area contributed by atoms with Crippen LogP contribution in [-0.2, 0) is 4.79 Å². The molecular formula is C11H11BrN4O3. The highest BCUT2D eigenvalue weighted by atomic mass is 79.9. The van der Waals surface area contributed by atoms with Gasteiger partial charge in [0.2, 0.25) is 0 Å². The van der Waals surface area contributed by atoms with Gasteiger partial charge in [0.25, 0.3) is 11.6 Å². The summed E-state index contributed by atoms with van der Waals surface area (Å²) in [4.78, 5) is 24.9. The lowest BCUT2D eigenvalue weighted by molar-refractivity contribution is -0.385. The van der Waals surface area contributed by atoms with Gasteiger partial charge in [-0.25, -0.2) is 4.98 Å². The Morgan fingerprint density at radius 1 is 1.63 bits per heavy atom. The van der Waals surface area contributed by atoms with E-state index in [1.165, 1.54) is 6.20 Å². The molecular weight excluding hydrogens is 316 g/mol. The molecule has 0 saturated heterocycles. The molecule has 19 heavy (non-hydrogen) atoms. The summed E-state index contributed by atoms with van der Waals surface area (Å²) in [5.74, 6) is 1.90. The summed E-state index contributed by atoms with van der Waals surface area (Å²) in [6.45, 7) is 2.35. The number of anilines is 1. The van der Waals surface area contributed by atoms with Crippen LogP contribution in [-0.4, -0.2) is 28.9 Å². The van der Waals surface area contributed by atoms with E-state index in [-0.39, 0.29) is 5.69 Å². The molecule has 0 aliphatic heterocycles. The van der Waals surface area contributed by atoms with Gasteiger partial charge in [0.05, 0.1) is 9.40 Å². The fourth-order valence-corrected chi connectivity index (χ4v) is 1.73. The first-order valence-electron chi connectivity index (χ1n) is 5.25. The number of rotatable bonds is 5. The van der Waals surface area contributed by atoms with Crippen molar-refractivity contribution in [3.63, 3.8) is 0 Å². The summed E-state index contributed by atoms with van der Waals surface area (Å²) in [6.07, 6.45) is 6.07. The van der Waals surface area contributed by atoms with E-state index in [0.29, 0.717) is 28.9 Å². The molecule has 0 saturated carbocycles. The highest BCUT2D eigenvalue weighted by Gasteiger charge is 2.16. The first kappa shape index (κ1) is 14.9. The van der Waals surface area contributed by atoms with Crippen LogP contribution in [0.1, 0.15) is 5.56 Å². The third kappa shape index (κ3) is 3.93. The minimum Gasteiger partial charge on any atom is -0.367 e. The van der Waals surface area contributed by atoms with Gasteiger partial charge in [0.15, 0.2) is 0 Å². The van der Waals surface area contributed by atoms with Gasteiger partial charge in [0.1, 0.15) is 12.0 Å². The standard InChI is InChI=1S/C11H11BrN4O3/c1-3-9(17)13-4-5-14-11-10(12)7(2)8(6-15-11)16(18)19/h1,6H,4-5H2,2H3,(H,13,17)(H,14,15). The van der Waals surface area contributed by atoms with Gasteiger partial charge in [-0.05, 0) is 28.8 Å². The zero-order chi connectivity index (χ0) is 14.4. The predicted molar refractivity (Wildman–Crippen MR) is 73.7 cm³/mol. The fourth-order valence-electron chi connectivity index (χ4n) is 1.28. The van der Waals surface area contributed by atoms with E-state index in [4.69, 9.17) is 6.42 Å². The van der Waals surface area contributed by atoms with Crippen molar-refractivity contribution in [1.29, 1.82) is 0 Å². The van der Waals surface area contributed by atoms with Crippen LogP contribution in [0.15, 0.2) is 10.7 Å². The summed E-state index contributed by atoms with van der Waals surface area (Å²) in [7, 11) is 0. The molecule has 0 spiro atoms. The Bertz CT molecular complexity index is 554. The second-order valence-electron chi connectivity index (χ2n) is 3.52. The first-order valence-corrected chi connectivity index (χ1v) is 6.04. The quantitative estimate of drug-likeness (QED) is 0.367. The van der Waals surface area contributed by atoms with Gasteiger partial charge in [-0.2, -0.15) is 0 Å². The fraction of sp³-hybridized carbons (Fsp3) is 0.273. The molecule has 1 aromatic heterocycles. The van der Waals surface area contributed by atoms with Crippen molar-refractivity contribution in [3.8, 4) is 12.3 Å². The molecule has 1 rings (SSSR count). The number of hydrogen-bond donors (Lipinski definition) is 2. The predicted octanol–water partition coefficient (Wildman–Crippen LogP) is 1.22. The average Bonchev–Trinajstić information content (AvgIpc) is 2.38. The summed E-state index contributed by atoms with van der Waals surface area (Å²) < 4.78 is 0.518.